The van der Waals surface area contributed by atoms with E-state index in [1.807, 2.05) is 0 Å². The average molecular weight is 339 g/mol. The minimum Gasteiger partial charge on any atom is -0.381 e. The Bertz CT molecular complexity index is 375. The van der Waals surface area contributed by atoms with E-state index >= 15 is 0 Å². The molecule has 0 aromatic heterocycles. The fraction of sp³-hybridized carbons (Fsp3) is 1.00. The van der Waals surface area contributed by atoms with Gasteiger partial charge in [-0.25, -0.2) is 8.42 Å². The Kier molecular flexibility index (Phi) is 8.58. The molecule has 5 heteroatoms. The van der Waals surface area contributed by atoms with Gasteiger partial charge in [-0.15, -0.1) is 0 Å². The average Bonchev–Trinajstić information content (AvgIpc) is 2.41. The Morgan fingerprint density at radius 3 is 2.38 bits per heavy atom. The molecule has 1 unspecified atom stereocenters. The maximum atomic E-state index is 11.5. The molecule has 126 valence electrons. The van der Waals surface area contributed by atoms with E-state index in [1.165, 1.54) is 25.7 Å². The second-order valence-corrected chi connectivity index (χ2v) is 9.45. The SMILES string of the molecule is CCCCC(CC)COCC1(CS(=O)(=O)Cl)CCCCC1. The predicted molar refractivity (Wildman–Crippen MR) is 89.3 cm³/mol. The topological polar surface area (TPSA) is 43.4 Å². The number of halogens is 1. The number of hydrogen-bond acceptors (Lipinski definition) is 3. The molecule has 1 saturated carbocycles. The molecule has 21 heavy (non-hydrogen) atoms. The van der Waals surface area contributed by atoms with Gasteiger partial charge in [-0.05, 0) is 25.2 Å². The van der Waals surface area contributed by atoms with Gasteiger partial charge in [0.2, 0.25) is 9.05 Å². The van der Waals surface area contributed by atoms with Crippen LogP contribution in [0.4, 0.5) is 0 Å². The molecule has 0 aromatic carbocycles. The number of ether oxygens (including phenoxy) is 1. The van der Waals surface area contributed by atoms with Crippen molar-refractivity contribution in [3.63, 3.8) is 0 Å². The highest BCUT2D eigenvalue weighted by atomic mass is 35.7. The van der Waals surface area contributed by atoms with E-state index in [1.54, 1.807) is 0 Å². The van der Waals surface area contributed by atoms with Crippen LogP contribution >= 0.6 is 10.7 Å². The van der Waals surface area contributed by atoms with E-state index < -0.39 is 9.05 Å². The summed E-state index contributed by atoms with van der Waals surface area (Å²) in [5.41, 5.74) is -0.248. The molecule has 1 atom stereocenters. The van der Waals surface area contributed by atoms with Gasteiger partial charge in [0.15, 0.2) is 0 Å². The normalized spacial score (nSPS) is 20.3. The molecular formula is C16H31ClO3S. The lowest BCUT2D eigenvalue weighted by molar-refractivity contribution is 0.0141. The summed E-state index contributed by atoms with van der Waals surface area (Å²) >= 11 is 0. The summed E-state index contributed by atoms with van der Waals surface area (Å²) in [6.45, 7) is 5.70. The van der Waals surface area contributed by atoms with Crippen molar-refractivity contribution in [1.29, 1.82) is 0 Å². The fourth-order valence-electron chi connectivity index (χ4n) is 3.34. The maximum Gasteiger partial charge on any atom is 0.233 e. The Morgan fingerprint density at radius 2 is 1.86 bits per heavy atom. The van der Waals surface area contributed by atoms with E-state index in [0.717, 1.165) is 38.7 Å². The zero-order valence-corrected chi connectivity index (χ0v) is 15.1. The van der Waals surface area contributed by atoms with Gasteiger partial charge in [0.05, 0.1) is 12.4 Å². The molecule has 0 aliphatic heterocycles. The van der Waals surface area contributed by atoms with Crippen LogP contribution in [0.2, 0.25) is 0 Å². The van der Waals surface area contributed by atoms with Gasteiger partial charge in [-0.3, -0.25) is 0 Å². The third-order valence-corrected chi connectivity index (χ3v) is 5.98. The summed E-state index contributed by atoms with van der Waals surface area (Å²) in [5.74, 6) is 0.658. The van der Waals surface area contributed by atoms with Crippen LogP contribution in [0.15, 0.2) is 0 Å². The molecule has 3 nitrogen and oxygen atoms in total. The van der Waals surface area contributed by atoms with Crippen molar-refractivity contribution < 1.29 is 13.2 Å². The minimum atomic E-state index is -3.46. The van der Waals surface area contributed by atoms with Crippen LogP contribution in [0.1, 0.15) is 71.6 Å². The fourth-order valence-corrected chi connectivity index (χ4v) is 5.14. The second-order valence-electron chi connectivity index (χ2n) is 6.68. The Labute approximate surface area is 135 Å². The highest BCUT2D eigenvalue weighted by Crippen LogP contribution is 2.38. The molecule has 0 heterocycles. The van der Waals surface area contributed by atoms with Gasteiger partial charge in [-0.1, -0.05) is 52.4 Å². The maximum absolute atomic E-state index is 11.5. The van der Waals surface area contributed by atoms with Gasteiger partial charge in [0.25, 0.3) is 0 Å². The largest absolute Gasteiger partial charge is 0.381 e. The van der Waals surface area contributed by atoms with Crippen LogP contribution in [-0.2, 0) is 13.8 Å². The molecule has 0 N–H and O–H groups in total. The zero-order chi connectivity index (χ0) is 15.8. The molecule has 0 saturated heterocycles. The van der Waals surface area contributed by atoms with Gasteiger partial charge in [0.1, 0.15) is 0 Å². The van der Waals surface area contributed by atoms with Crippen molar-refractivity contribution in [3.8, 4) is 0 Å². The summed E-state index contributed by atoms with van der Waals surface area (Å²) in [6.07, 6.45) is 9.99. The van der Waals surface area contributed by atoms with Crippen molar-refractivity contribution in [1.82, 2.24) is 0 Å². The molecule has 1 aliphatic rings. The van der Waals surface area contributed by atoms with E-state index in [2.05, 4.69) is 13.8 Å². The standard InChI is InChI=1S/C16H31ClO3S/c1-3-5-9-15(4-2)12-20-13-16(14-21(17,18)19)10-7-6-8-11-16/h15H,3-14H2,1-2H3. The smallest absolute Gasteiger partial charge is 0.233 e. The zero-order valence-electron chi connectivity index (χ0n) is 13.6. The quantitative estimate of drug-likeness (QED) is 0.540. The van der Waals surface area contributed by atoms with Crippen molar-refractivity contribution >= 4 is 19.7 Å². The molecular weight excluding hydrogens is 308 g/mol. The molecule has 0 radical (unpaired) electrons. The first-order valence-corrected chi connectivity index (χ1v) is 10.9. The summed E-state index contributed by atoms with van der Waals surface area (Å²) in [6, 6.07) is 0. The van der Waals surface area contributed by atoms with Crippen LogP contribution < -0.4 is 0 Å². The van der Waals surface area contributed by atoms with Gasteiger partial charge in [0, 0.05) is 22.7 Å². The molecule has 0 amide bonds. The Morgan fingerprint density at radius 1 is 1.19 bits per heavy atom. The highest BCUT2D eigenvalue weighted by Gasteiger charge is 2.36. The molecule has 1 rings (SSSR count). The van der Waals surface area contributed by atoms with Crippen LogP contribution in [0.25, 0.3) is 0 Å². The molecule has 0 bridgehead atoms. The monoisotopic (exact) mass is 338 g/mol. The van der Waals surface area contributed by atoms with Crippen molar-refractivity contribution in [2.75, 3.05) is 19.0 Å². The van der Waals surface area contributed by atoms with Crippen LogP contribution in [-0.4, -0.2) is 27.4 Å². The van der Waals surface area contributed by atoms with Gasteiger partial charge in [-0.2, -0.15) is 0 Å². The summed E-state index contributed by atoms with van der Waals surface area (Å²) < 4.78 is 29.0. The third-order valence-electron chi connectivity index (χ3n) is 4.70. The molecule has 0 aromatic rings. The second kappa shape index (κ2) is 9.36. The van der Waals surface area contributed by atoms with Crippen LogP contribution in [0, 0.1) is 11.3 Å². The van der Waals surface area contributed by atoms with Crippen molar-refractivity contribution in [2.45, 2.75) is 71.6 Å². The first-order valence-electron chi connectivity index (χ1n) is 8.41. The first-order chi connectivity index (χ1) is 9.91. The minimum absolute atomic E-state index is 0.0628. The van der Waals surface area contributed by atoms with E-state index in [9.17, 15) is 8.42 Å². The summed E-state index contributed by atoms with van der Waals surface area (Å²) in [5, 5.41) is 0. The number of rotatable bonds is 10. The Balaban J connectivity index is 2.49. The highest BCUT2D eigenvalue weighted by molar-refractivity contribution is 8.13. The lowest BCUT2D eigenvalue weighted by Crippen LogP contribution is -2.36. The number of unbranched alkanes of at least 4 members (excludes halogenated alkanes) is 1. The molecule has 1 aliphatic carbocycles. The number of hydrogen-bond donors (Lipinski definition) is 0. The van der Waals surface area contributed by atoms with Crippen molar-refractivity contribution in [3.05, 3.63) is 0 Å². The first kappa shape index (κ1) is 19.2. The van der Waals surface area contributed by atoms with Crippen LogP contribution in [0.3, 0.4) is 0 Å². The van der Waals surface area contributed by atoms with Crippen LogP contribution in [0.5, 0.6) is 0 Å². The summed E-state index contributed by atoms with van der Waals surface area (Å²) in [7, 11) is 2.05. The predicted octanol–water partition coefficient (Wildman–Crippen LogP) is 4.74. The van der Waals surface area contributed by atoms with Gasteiger partial charge < -0.3 is 4.74 Å². The molecule has 0 spiro atoms. The lowest BCUT2D eigenvalue weighted by Gasteiger charge is -2.36. The third kappa shape index (κ3) is 7.85. The molecule has 1 fully saturated rings. The van der Waals surface area contributed by atoms with E-state index in [4.69, 9.17) is 15.4 Å². The summed E-state index contributed by atoms with van der Waals surface area (Å²) in [4.78, 5) is 0. The van der Waals surface area contributed by atoms with E-state index in [0.29, 0.717) is 12.5 Å². The van der Waals surface area contributed by atoms with E-state index in [-0.39, 0.29) is 11.2 Å². The lowest BCUT2D eigenvalue weighted by atomic mass is 9.76. The van der Waals surface area contributed by atoms with Gasteiger partial charge >= 0.3 is 0 Å². The Hall–Kier alpha value is 0.200. The van der Waals surface area contributed by atoms with Crippen molar-refractivity contribution in [2.24, 2.45) is 11.3 Å².